The highest BCUT2D eigenvalue weighted by Crippen LogP contribution is 2.21. The van der Waals surface area contributed by atoms with E-state index in [1.165, 1.54) is 7.11 Å². The number of nitrogens with two attached hydrogens (primary N) is 1. The van der Waals surface area contributed by atoms with Gasteiger partial charge in [-0.3, -0.25) is 14.8 Å². The number of aromatic nitrogens is 3. The summed E-state index contributed by atoms with van der Waals surface area (Å²) in [5, 5.41) is 9.95. The van der Waals surface area contributed by atoms with E-state index < -0.39 is 27.1 Å². The maximum absolute atomic E-state index is 11.7. The molecule has 2 heterocycles. The van der Waals surface area contributed by atoms with Crippen molar-refractivity contribution >= 4 is 27.8 Å². The van der Waals surface area contributed by atoms with Crippen molar-refractivity contribution in [1.82, 2.24) is 15.2 Å². The standard InChI is InChI=1S/C8H11N5O5S/c1-18-7(15)6-10-8(12-11-6)13-3-4(2-5(13)14)19(9,16)17/h4H,2-3H2,1H3,(H2,9,16,17)(H,10,11,12). The number of hydrogen-bond donors (Lipinski definition) is 2. The molecule has 1 aromatic heterocycles. The smallest absolute Gasteiger partial charge is 0.375 e. The van der Waals surface area contributed by atoms with Gasteiger partial charge in [0.2, 0.25) is 21.8 Å². The summed E-state index contributed by atoms with van der Waals surface area (Å²) >= 11 is 0. The average molecular weight is 289 g/mol. The number of primary sulfonamides is 1. The number of nitrogens with one attached hydrogen (secondary N) is 1. The van der Waals surface area contributed by atoms with E-state index in [1.807, 2.05) is 0 Å². The fraction of sp³-hybridized carbons (Fsp3) is 0.500. The Balaban J connectivity index is 2.21. The summed E-state index contributed by atoms with van der Waals surface area (Å²) in [6.45, 7) is -0.143. The molecule has 0 bridgehead atoms. The second-order valence-electron chi connectivity index (χ2n) is 3.90. The molecule has 0 aromatic carbocycles. The van der Waals surface area contributed by atoms with E-state index in [0.717, 1.165) is 4.90 Å². The molecule has 3 N–H and O–H groups in total. The second-order valence-corrected chi connectivity index (χ2v) is 5.74. The van der Waals surface area contributed by atoms with Crippen molar-refractivity contribution in [2.24, 2.45) is 5.14 Å². The Morgan fingerprint density at radius 3 is 2.79 bits per heavy atom. The van der Waals surface area contributed by atoms with Gasteiger partial charge in [-0.05, 0) is 0 Å². The van der Waals surface area contributed by atoms with E-state index in [-0.39, 0.29) is 24.7 Å². The lowest BCUT2D eigenvalue weighted by atomic mass is 10.4. The third kappa shape index (κ3) is 2.56. The first-order valence-electron chi connectivity index (χ1n) is 5.15. The van der Waals surface area contributed by atoms with Gasteiger partial charge in [0, 0.05) is 13.0 Å². The summed E-state index contributed by atoms with van der Waals surface area (Å²) in [5.74, 6) is -1.48. The maximum atomic E-state index is 11.7. The Kier molecular flexibility index (Phi) is 3.24. The minimum absolute atomic E-state index is 0.0865. The number of carbonyl (C=O) groups is 2. The van der Waals surface area contributed by atoms with Crippen molar-refractivity contribution in [2.45, 2.75) is 11.7 Å². The van der Waals surface area contributed by atoms with E-state index in [1.54, 1.807) is 0 Å². The van der Waals surface area contributed by atoms with Crippen LogP contribution < -0.4 is 10.0 Å². The van der Waals surface area contributed by atoms with Gasteiger partial charge >= 0.3 is 5.97 Å². The topological polar surface area (TPSA) is 148 Å². The van der Waals surface area contributed by atoms with Gasteiger partial charge < -0.3 is 4.74 Å². The molecule has 2 rings (SSSR count). The van der Waals surface area contributed by atoms with Crippen LogP contribution in [0.2, 0.25) is 0 Å². The Morgan fingerprint density at radius 1 is 1.58 bits per heavy atom. The number of H-pyrrole nitrogens is 1. The molecular weight excluding hydrogens is 278 g/mol. The SMILES string of the molecule is COC(=O)c1nc(N2CC(S(N)(=O)=O)CC2=O)n[nH]1. The van der Waals surface area contributed by atoms with Gasteiger partial charge in [0.15, 0.2) is 0 Å². The van der Waals surface area contributed by atoms with Crippen molar-refractivity contribution in [2.75, 3.05) is 18.6 Å². The zero-order chi connectivity index (χ0) is 14.2. The zero-order valence-electron chi connectivity index (χ0n) is 9.86. The molecule has 1 atom stereocenters. The molecule has 1 aromatic rings. The molecule has 1 saturated heterocycles. The van der Waals surface area contributed by atoms with Gasteiger partial charge in [0.1, 0.15) is 5.25 Å². The van der Waals surface area contributed by atoms with Gasteiger partial charge in [0.25, 0.3) is 5.95 Å². The summed E-state index contributed by atoms with van der Waals surface area (Å²) in [5.41, 5.74) is 0. The van der Waals surface area contributed by atoms with Gasteiger partial charge in [-0.15, -0.1) is 5.10 Å². The molecule has 10 nitrogen and oxygen atoms in total. The summed E-state index contributed by atoms with van der Waals surface area (Å²) in [7, 11) is -2.64. The summed E-state index contributed by atoms with van der Waals surface area (Å²) < 4.78 is 26.8. The highest BCUT2D eigenvalue weighted by molar-refractivity contribution is 7.89. The average Bonchev–Trinajstić information content (AvgIpc) is 2.93. The molecule has 11 heteroatoms. The largest absolute Gasteiger partial charge is 0.463 e. The van der Waals surface area contributed by atoms with Crippen LogP contribution in [0.25, 0.3) is 0 Å². The van der Waals surface area contributed by atoms with E-state index in [0.29, 0.717) is 0 Å². The maximum Gasteiger partial charge on any atom is 0.375 e. The molecule has 1 amide bonds. The lowest BCUT2D eigenvalue weighted by Crippen LogP contribution is -2.32. The van der Waals surface area contributed by atoms with E-state index in [4.69, 9.17) is 5.14 Å². The summed E-state index contributed by atoms with van der Waals surface area (Å²) in [6, 6.07) is 0. The van der Waals surface area contributed by atoms with Crippen molar-refractivity contribution in [3.63, 3.8) is 0 Å². The zero-order valence-corrected chi connectivity index (χ0v) is 10.7. The van der Waals surface area contributed by atoms with Crippen molar-refractivity contribution in [1.29, 1.82) is 0 Å². The molecule has 0 spiro atoms. The number of anilines is 1. The number of nitrogens with zero attached hydrogens (tertiary/aromatic N) is 3. The van der Waals surface area contributed by atoms with Crippen LogP contribution in [0.3, 0.4) is 0 Å². The molecule has 1 aliphatic heterocycles. The Bertz CT molecular complexity index is 623. The highest BCUT2D eigenvalue weighted by Gasteiger charge is 2.39. The van der Waals surface area contributed by atoms with Gasteiger partial charge in [-0.1, -0.05) is 0 Å². The molecule has 19 heavy (non-hydrogen) atoms. The van der Waals surface area contributed by atoms with Gasteiger partial charge in [0.05, 0.1) is 7.11 Å². The first-order chi connectivity index (χ1) is 8.82. The van der Waals surface area contributed by atoms with Crippen LogP contribution in [0.1, 0.15) is 17.0 Å². The first kappa shape index (κ1) is 13.4. The summed E-state index contributed by atoms with van der Waals surface area (Å²) in [6.07, 6.45) is -0.235. The number of methoxy groups -OCH3 is 1. The third-order valence-corrected chi connectivity index (χ3v) is 3.89. The van der Waals surface area contributed by atoms with Crippen LogP contribution in [0.4, 0.5) is 5.95 Å². The number of ether oxygens (including phenoxy) is 1. The quantitative estimate of drug-likeness (QED) is 0.610. The third-order valence-electron chi connectivity index (χ3n) is 2.65. The van der Waals surface area contributed by atoms with Crippen molar-refractivity contribution < 1.29 is 22.7 Å². The van der Waals surface area contributed by atoms with Crippen LogP contribution in [-0.4, -0.2) is 54.4 Å². The Labute approximate surface area is 108 Å². The predicted octanol–water partition coefficient (Wildman–Crippen LogP) is -2.01. The number of rotatable bonds is 3. The molecule has 0 radical (unpaired) electrons. The number of esters is 1. The number of sulfonamides is 1. The van der Waals surface area contributed by atoms with Crippen LogP contribution in [0.5, 0.6) is 0 Å². The summed E-state index contributed by atoms with van der Waals surface area (Å²) in [4.78, 5) is 27.7. The predicted molar refractivity (Wildman–Crippen MR) is 61.6 cm³/mol. The van der Waals surface area contributed by atoms with Crippen LogP contribution >= 0.6 is 0 Å². The number of hydrogen-bond acceptors (Lipinski definition) is 7. The fourth-order valence-corrected chi connectivity index (χ4v) is 2.38. The molecule has 0 saturated carbocycles. The van der Waals surface area contributed by atoms with Crippen LogP contribution in [-0.2, 0) is 19.6 Å². The van der Waals surface area contributed by atoms with Crippen molar-refractivity contribution in [3.8, 4) is 0 Å². The number of amides is 1. The Hall–Kier alpha value is -2.01. The lowest BCUT2D eigenvalue weighted by molar-refractivity contribution is -0.117. The molecular formula is C8H11N5O5S. The molecule has 1 fully saturated rings. The van der Waals surface area contributed by atoms with Crippen LogP contribution in [0, 0.1) is 0 Å². The van der Waals surface area contributed by atoms with Crippen LogP contribution in [0.15, 0.2) is 0 Å². The second kappa shape index (κ2) is 4.59. The molecule has 104 valence electrons. The fourth-order valence-electron chi connectivity index (χ4n) is 1.65. The molecule has 1 aliphatic rings. The van der Waals surface area contributed by atoms with E-state index in [2.05, 4.69) is 19.9 Å². The van der Waals surface area contributed by atoms with E-state index >= 15 is 0 Å². The minimum Gasteiger partial charge on any atom is -0.463 e. The van der Waals surface area contributed by atoms with E-state index in [9.17, 15) is 18.0 Å². The molecule has 1 unspecified atom stereocenters. The Morgan fingerprint density at radius 2 is 2.26 bits per heavy atom. The lowest BCUT2D eigenvalue weighted by Gasteiger charge is -2.10. The minimum atomic E-state index is -3.81. The normalized spacial score (nSPS) is 19.8. The number of carbonyl (C=O) groups excluding carboxylic acids is 2. The highest BCUT2D eigenvalue weighted by atomic mass is 32.2. The van der Waals surface area contributed by atoms with Gasteiger partial charge in [-0.2, -0.15) is 4.98 Å². The monoisotopic (exact) mass is 289 g/mol. The first-order valence-corrected chi connectivity index (χ1v) is 6.76. The van der Waals surface area contributed by atoms with Crippen molar-refractivity contribution in [3.05, 3.63) is 5.82 Å². The number of aromatic amines is 1. The molecule has 0 aliphatic carbocycles. The van der Waals surface area contributed by atoms with Gasteiger partial charge in [-0.25, -0.2) is 18.4 Å².